The second-order valence-electron chi connectivity index (χ2n) is 4.45. The molecule has 0 spiro atoms. The predicted octanol–water partition coefficient (Wildman–Crippen LogP) is 1.70. The van der Waals surface area contributed by atoms with Crippen LogP contribution in [0, 0.1) is 0 Å². The number of aryl methyl sites for hydroxylation is 1. The van der Waals surface area contributed by atoms with E-state index in [0.29, 0.717) is 12.2 Å². The van der Waals surface area contributed by atoms with Gasteiger partial charge in [0.25, 0.3) is 10.0 Å². The summed E-state index contributed by atoms with van der Waals surface area (Å²) in [6.07, 6.45) is 2.34. The standard InChI is InChI=1S/C13H18N4O2S/c1-3-9-17-10-12(13(14)15-17)20(18,19)16(2)11-7-5-4-6-8-11/h4-8,10H,3,9H2,1-2H3,(H2,14,15). The lowest BCUT2D eigenvalue weighted by atomic mass is 10.3. The second-order valence-corrected chi connectivity index (χ2v) is 6.39. The smallest absolute Gasteiger partial charge is 0.269 e. The van der Waals surface area contributed by atoms with Crippen molar-refractivity contribution < 1.29 is 8.42 Å². The minimum absolute atomic E-state index is 0.0289. The zero-order chi connectivity index (χ0) is 14.8. The van der Waals surface area contributed by atoms with Crippen LogP contribution in [0.25, 0.3) is 0 Å². The minimum atomic E-state index is -3.70. The van der Waals surface area contributed by atoms with E-state index >= 15 is 0 Å². The molecule has 0 saturated heterocycles. The van der Waals surface area contributed by atoms with Crippen LogP contribution in [-0.4, -0.2) is 25.2 Å². The molecule has 2 aromatic rings. The molecule has 0 saturated carbocycles. The molecule has 20 heavy (non-hydrogen) atoms. The quantitative estimate of drug-likeness (QED) is 0.910. The topological polar surface area (TPSA) is 81.2 Å². The van der Waals surface area contributed by atoms with E-state index in [-0.39, 0.29) is 10.7 Å². The summed E-state index contributed by atoms with van der Waals surface area (Å²) in [5.74, 6) is 0.0289. The van der Waals surface area contributed by atoms with Gasteiger partial charge in [-0.15, -0.1) is 0 Å². The fourth-order valence-corrected chi connectivity index (χ4v) is 3.14. The first-order valence-electron chi connectivity index (χ1n) is 6.33. The molecule has 0 amide bonds. The number of rotatable bonds is 5. The molecular formula is C13H18N4O2S. The fourth-order valence-electron chi connectivity index (χ4n) is 1.88. The van der Waals surface area contributed by atoms with Crippen LogP contribution in [0.5, 0.6) is 0 Å². The van der Waals surface area contributed by atoms with Gasteiger partial charge in [-0.2, -0.15) is 5.10 Å². The minimum Gasteiger partial charge on any atom is -0.381 e. The lowest BCUT2D eigenvalue weighted by Crippen LogP contribution is -2.26. The van der Waals surface area contributed by atoms with Crippen molar-refractivity contribution in [3.05, 3.63) is 36.5 Å². The number of nitrogen functional groups attached to an aromatic ring is 1. The first-order valence-corrected chi connectivity index (χ1v) is 7.77. The zero-order valence-corrected chi connectivity index (χ0v) is 12.3. The Hall–Kier alpha value is -2.02. The molecule has 1 aromatic carbocycles. The summed E-state index contributed by atoms with van der Waals surface area (Å²) in [7, 11) is -2.19. The van der Waals surface area contributed by atoms with Gasteiger partial charge in [0, 0.05) is 19.8 Å². The third-order valence-electron chi connectivity index (χ3n) is 2.97. The van der Waals surface area contributed by atoms with Gasteiger partial charge in [0.2, 0.25) is 0 Å². The van der Waals surface area contributed by atoms with Gasteiger partial charge in [0.15, 0.2) is 5.82 Å². The molecule has 0 bridgehead atoms. The Morgan fingerprint density at radius 3 is 2.55 bits per heavy atom. The average molecular weight is 294 g/mol. The maximum atomic E-state index is 12.6. The molecule has 2 rings (SSSR count). The van der Waals surface area contributed by atoms with Crippen LogP contribution < -0.4 is 10.0 Å². The van der Waals surface area contributed by atoms with Crippen molar-refractivity contribution in [2.75, 3.05) is 17.1 Å². The van der Waals surface area contributed by atoms with Gasteiger partial charge in [-0.3, -0.25) is 8.99 Å². The Bertz CT molecular complexity index is 680. The summed E-state index contributed by atoms with van der Waals surface area (Å²) in [6.45, 7) is 2.62. The Balaban J connectivity index is 2.40. The molecule has 0 unspecified atom stereocenters. The van der Waals surface area contributed by atoms with Gasteiger partial charge in [-0.25, -0.2) is 8.42 Å². The van der Waals surface area contributed by atoms with E-state index in [2.05, 4.69) is 5.10 Å². The second kappa shape index (κ2) is 5.54. The Kier molecular flexibility index (Phi) is 3.99. The van der Waals surface area contributed by atoms with Gasteiger partial charge in [-0.05, 0) is 18.6 Å². The molecule has 0 fully saturated rings. The molecule has 0 atom stereocenters. The summed E-state index contributed by atoms with van der Waals surface area (Å²) in [5.41, 5.74) is 6.31. The maximum Gasteiger partial charge on any atom is 0.269 e. The van der Waals surface area contributed by atoms with Crippen LogP contribution in [0.2, 0.25) is 0 Å². The van der Waals surface area contributed by atoms with Crippen LogP contribution >= 0.6 is 0 Å². The van der Waals surface area contributed by atoms with E-state index in [1.54, 1.807) is 28.9 Å². The maximum absolute atomic E-state index is 12.6. The third-order valence-corrected chi connectivity index (χ3v) is 4.77. The van der Waals surface area contributed by atoms with Crippen LogP contribution in [0.1, 0.15) is 13.3 Å². The summed E-state index contributed by atoms with van der Waals surface area (Å²) in [4.78, 5) is 0.0392. The number of aromatic nitrogens is 2. The Morgan fingerprint density at radius 1 is 1.30 bits per heavy atom. The van der Waals surface area contributed by atoms with E-state index in [1.165, 1.54) is 17.5 Å². The largest absolute Gasteiger partial charge is 0.381 e. The SMILES string of the molecule is CCCn1cc(S(=O)(=O)N(C)c2ccccc2)c(N)n1. The van der Waals surface area contributed by atoms with Crippen LogP contribution in [0.4, 0.5) is 11.5 Å². The van der Waals surface area contributed by atoms with Crippen LogP contribution in [0.3, 0.4) is 0 Å². The van der Waals surface area contributed by atoms with E-state index in [9.17, 15) is 8.42 Å². The van der Waals surface area contributed by atoms with Crippen molar-refractivity contribution in [2.24, 2.45) is 0 Å². The molecule has 108 valence electrons. The van der Waals surface area contributed by atoms with Crippen molar-refractivity contribution in [2.45, 2.75) is 24.8 Å². The first kappa shape index (κ1) is 14.4. The van der Waals surface area contributed by atoms with Crippen LogP contribution in [-0.2, 0) is 16.6 Å². The number of para-hydroxylation sites is 1. The van der Waals surface area contributed by atoms with E-state index in [0.717, 1.165) is 6.42 Å². The highest BCUT2D eigenvalue weighted by molar-refractivity contribution is 7.93. The third kappa shape index (κ3) is 2.62. The summed E-state index contributed by atoms with van der Waals surface area (Å²) >= 11 is 0. The van der Waals surface area contributed by atoms with Gasteiger partial charge in [0.05, 0.1) is 5.69 Å². The number of hydrogen-bond acceptors (Lipinski definition) is 4. The average Bonchev–Trinajstić information content (AvgIpc) is 2.81. The number of anilines is 2. The number of nitrogens with zero attached hydrogens (tertiary/aromatic N) is 3. The van der Waals surface area contributed by atoms with Crippen molar-refractivity contribution in [3.8, 4) is 0 Å². The molecule has 1 heterocycles. The number of hydrogen-bond donors (Lipinski definition) is 1. The number of benzene rings is 1. The Morgan fingerprint density at radius 2 is 1.95 bits per heavy atom. The van der Waals surface area contributed by atoms with Gasteiger partial charge >= 0.3 is 0 Å². The van der Waals surface area contributed by atoms with Crippen molar-refractivity contribution >= 4 is 21.5 Å². The van der Waals surface area contributed by atoms with E-state index in [4.69, 9.17) is 5.73 Å². The molecule has 6 nitrogen and oxygen atoms in total. The van der Waals surface area contributed by atoms with Crippen molar-refractivity contribution in [1.29, 1.82) is 0 Å². The summed E-state index contributed by atoms with van der Waals surface area (Å²) in [5, 5.41) is 4.03. The number of sulfonamides is 1. The van der Waals surface area contributed by atoms with Crippen molar-refractivity contribution in [3.63, 3.8) is 0 Å². The molecule has 0 aliphatic heterocycles. The monoisotopic (exact) mass is 294 g/mol. The molecule has 0 aliphatic carbocycles. The predicted molar refractivity (Wildman–Crippen MR) is 79.0 cm³/mol. The molecule has 1 aromatic heterocycles. The van der Waals surface area contributed by atoms with Crippen LogP contribution in [0.15, 0.2) is 41.4 Å². The molecule has 0 radical (unpaired) electrons. The normalized spacial score (nSPS) is 11.5. The lowest BCUT2D eigenvalue weighted by molar-refractivity contribution is 0.590. The zero-order valence-electron chi connectivity index (χ0n) is 11.5. The van der Waals surface area contributed by atoms with E-state index < -0.39 is 10.0 Å². The lowest BCUT2D eigenvalue weighted by Gasteiger charge is -2.18. The van der Waals surface area contributed by atoms with Gasteiger partial charge in [0.1, 0.15) is 4.90 Å². The molecular weight excluding hydrogens is 276 g/mol. The molecule has 0 aliphatic rings. The first-order chi connectivity index (χ1) is 9.46. The van der Waals surface area contributed by atoms with E-state index in [1.807, 2.05) is 13.0 Å². The Labute approximate surface area is 118 Å². The number of nitrogens with two attached hydrogens (primary N) is 1. The van der Waals surface area contributed by atoms with Gasteiger partial charge in [-0.1, -0.05) is 25.1 Å². The molecule has 2 N–H and O–H groups in total. The highest BCUT2D eigenvalue weighted by atomic mass is 32.2. The fraction of sp³-hybridized carbons (Fsp3) is 0.308. The summed E-state index contributed by atoms with van der Waals surface area (Å²) in [6, 6.07) is 8.85. The summed E-state index contributed by atoms with van der Waals surface area (Å²) < 4.78 is 27.9. The van der Waals surface area contributed by atoms with Gasteiger partial charge < -0.3 is 5.73 Å². The van der Waals surface area contributed by atoms with Crippen molar-refractivity contribution in [1.82, 2.24) is 9.78 Å². The molecule has 7 heteroatoms. The highest BCUT2D eigenvalue weighted by Gasteiger charge is 2.26. The highest BCUT2D eigenvalue weighted by Crippen LogP contribution is 2.24.